The fourth-order valence-electron chi connectivity index (χ4n) is 3.27. The van der Waals surface area contributed by atoms with E-state index in [4.69, 9.17) is 28.8 Å². The fourth-order valence-corrected chi connectivity index (χ4v) is 3.39. The van der Waals surface area contributed by atoms with Gasteiger partial charge in [0.05, 0.1) is 5.69 Å². The van der Waals surface area contributed by atoms with Crippen LogP contribution in [0.5, 0.6) is 0 Å². The van der Waals surface area contributed by atoms with Crippen molar-refractivity contribution in [1.82, 2.24) is 15.0 Å². The fraction of sp³-hybridized carbons (Fsp3) is 0.0909. The molecule has 0 saturated carbocycles. The van der Waals surface area contributed by atoms with Crippen molar-refractivity contribution in [2.75, 3.05) is 5.73 Å². The van der Waals surface area contributed by atoms with E-state index < -0.39 is 0 Å². The largest absolute Gasteiger partial charge is 0.370 e. The van der Waals surface area contributed by atoms with Crippen LogP contribution in [0.25, 0.3) is 0 Å². The lowest BCUT2D eigenvalue weighted by Gasteiger charge is -2.28. The lowest BCUT2D eigenvalue weighted by Crippen LogP contribution is -2.21. The number of aliphatic imine (C=N–C) groups is 1. The second-order valence-corrected chi connectivity index (χ2v) is 7.01. The smallest absolute Gasteiger partial charge is 0.220 e. The zero-order chi connectivity index (χ0) is 21.5. The molecule has 0 amide bonds. The number of anilines is 1. The number of benzene rings is 1. The molecule has 8 heteroatoms. The first kappa shape index (κ1) is 21.0. The monoisotopic (exact) mass is 419 g/mol. The van der Waals surface area contributed by atoms with Crippen molar-refractivity contribution in [2.45, 2.75) is 11.8 Å². The Morgan fingerprint density at radius 2 is 1.83 bits per heavy atom. The summed E-state index contributed by atoms with van der Waals surface area (Å²) in [5.41, 5.74) is 20.2. The first-order valence-electron chi connectivity index (χ1n) is 9.13. The summed E-state index contributed by atoms with van der Waals surface area (Å²) in [7, 11) is 0. The molecule has 6 N–H and O–H groups in total. The van der Waals surface area contributed by atoms with Crippen LogP contribution in [-0.4, -0.2) is 20.9 Å². The number of nitrogens with two attached hydrogens (primary N) is 3. The van der Waals surface area contributed by atoms with E-state index in [1.54, 1.807) is 24.7 Å². The van der Waals surface area contributed by atoms with Crippen LogP contribution in [0.2, 0.25) is 5.02 Å². The molecule has 0 aliphatic heterocycles. The third-order valence-corrected chi connectivity index (χ3v) is 4.78. The van der Waals surface area contributed by atoms with Gasteiger partial charge in [0.15, 0.2) is 5.96 Å². The molecule has 2 unspecified atom stereocenters. The molecule has 0 spiro atoms. The van der Waals surface area contributed by atoms with Crippen molar-refractivity contribution < 1.29 is 0 Å². The van der Waals surface area contributed by atoms with Crippen LogP contribution in [-0.2, 0) is 0 Å². The van der Waals surface area contributed by atoms with Gasteiger partial charge in [-0.2, -0.15) is 0 Å². The van der Waals surface area contributed by atoms with Crippen LogP contribution in [0.3, 0.4) is 0 Å². The van der Waals surface area contributed by atoms with Crippen molar-refractivity contribution in [1.29, 1.82) is 0 Å². The number of rotatable bonds is 7. The normalized spacial score (nSPS) is 13.0. The second-order valence-electron chi connectivity index (χ2n) is 6.58. The predicted octanol–water partition coefficient (Wildman–Crippen LogP) is 3.37. The summed E-state index contributed by atoms with van der Waals surface area (Å²) < 4.78 is 0. The summed E-state index contributed by atoms with van der Waals surface area (Å²) in [5, 5.41) is 0.642. The molecule has 0 radical (unpaired) electrons. The zero-order valence-electron chi connectivity index (χ0n) is 16.2. The summed E-state index contributed by atoms with van der Waals surface area (Å²) in [6, 6.07) is 13.3. The molecular formula is C22H22ClN7. The highest BCUT2D eigenvalue weighted by Crippen LogP contribution is 2.42. The lowest BCUT2D eigenvalue weighted by atomic mass is 9.76. The third-order valence-electron chi connectivity index (χ3n) is 4.53. The molecule has 2 atom stereocenters. The van der Waals surface area contributed by atoms with E-state index >= 15 is 0 Å². The molecule has 0 saturated heterocycles. The van der Waals surface area contributed by atoms with Crippen LogP contribution in [0, 0.1) is 0 Å². The number of nitrogens with zero attached hydrogens (tertiary/aromatic N) is 4. The van der Waals surface area contributed by atoms with Gasteiger partial charge in [-0.15, -0.1) is 0 Å². The maximum Gasteiger partial charge on any atom is 0.220 e. The Hall–Kier alpha value is -3.71. The average molecular weight is 420 g/mol. The second kappa shape index (κ2) is 9.67. The van der Waals surface area contributed by atoms with Gasteiger partial charge < -0.3 is 17.2 Å². The lowest BCUT2D eigenvalue weighted by molar-refractivity contribution is 0.671. The molecule has 3 aromatic rings. The minimum Gasteiger partial charge on any atom is -0.370 e. The van der Waals surface area contributed by atoms with Crippen molar-refractivity contribution in [3.8, 4) is 0 Å². The first-order chi connectivity index (χ1) is 14.5. The van der Waals surface area contributed by atoms with Gasteiger partial charge >= 0.3 is 0 Å². The molecule has 2 heterocycles. The highest BCUT2D eigenvalue weighted by Gasteiger charge is 2.29. The number of halogens is 1. The van der Waals surface area contributed by atoms with Crippen LogP contribution in [0.4, 0.5) is 5.95 Å². The van der Waals surface area contributed by atoms with Gasteiger partial charge in [-0.05, 0) is 47.0 Å². The molecule has 3 rings (SSSR count). The Morgan fingerprint density at radius 1 is 1.07 bits per heavy atom. The van der Waals surface area contributed by atoms with Crippen molar-refractivity contribution >= 4 is 23.5 Å². The standard InChI is InChI=1S/C22H22ClN7/c1-14(8-11-28-21(24)25)19(15-4-6-17(23)7-5-15)20(16-3-2-10-27-13-16)18-9-12-29-22(26)30-18/h2-13,19-20H,1H2,(H4,24,25,28)(H2,26,29,30)/b11-8-. The van der Waals surface area contributed by atoms with Crippen LogP contribution < -0.4 is 17.2 Å². The van der Waals surface area contributed by atoms with E-state index in [1.165, 1.54) is 6.20 Å². The van der Waals surface area contributed by atoms with Gasteiger partial charge in [0.25, 0.3) is 0 Å². The summed E-state index contributed by atoms with van der Waals surface area (Å²) in [4.78, 5) is 16.7. The van der Waals surface area contributed by atoms with Gasteiger partial charge in [0.1, 0.15) is 0 Å². The van der Waals surface area contributed by atoms with E-state index in [2.05, 4.69) is 26.5 Å². The predicted molar refractivity (Wildman–Crippen MR) is 121 cm³/mol. The topological polar surface area (TPSA) is 129 Å². The van der Waals surface area contributed by atoms with E-state index in [0.717, 1.165) is 22.4 Å². The minimum absolute atomic E-state index is 0.0329. The number of guanidine groups is 1. The molecule has 0 fully saturated rings. The summed E-state index contributed by atoms with van der Waals surface area (Å²) >= 11 is 6.12. The number of hydrogen-bond acceptors (Lipinski definition) is 5. The number of hydrogen-bond donors (Lipinski definition) is 3. The van der Waals surface area contributed by atoms with E-state index in [9.17, 15) is 0 Å². The molecule has 7 nitrogen and oxygen atoms in total. The molecule has 0 bridgehead atoms. The molecule has 152 valence electrons. The van der Waals surface area contributed by atoms with Crippen LogP contribution in [0.15, 0.2) is 90.5 Å². The Bertz CT molecular complexity index is 1060. The Morgan fingerprint density at radius 3 is 2.47 bits per heavy atom. The van der Waals surface area contributed by atoms with E-state index in [-0.39, 0.29) is 23.7 Å². The molecule has 1 aromatic carbocycles. The maximum absolute atomic E-state index is 6.12. The van der Waals surface area contributed by atoms with Gasteiger partial charge in [0, 0.05) is 41.6 Å². The number of nitrogen functional groups attached to an aromatic ring is 1. The summed E-state index contributed by atoms with van der Waals surface area (Å²) in [6.07, 6.45) is 8.46. The highest BCUT2D eigenvalue weighted by atomic mass is 35.5. The summed E-state index contributed by atoms with van der Waals surface area (Å²) in [5.74, 6) is -0.292. The van der Waals surface area contributed by atoms with Crippen LogP contribution >= 0.6 is 11.6 Å². The van der Waals surface area contributed by atoms with Crippen molar-refractivity contribution in [3.05, 3.63) is 107 Å². The van der Waals surface area contributed by atoms with Gasteiger partial charge in [0.2, 0.25) is 5.95 Å². The van der Waals surface area contributed by atoms with E-state index in [0.29, 0.717) is 5.02 Å². The number of allylic oxidation sites excluding steroid dienone is 2. The molecule has 30 heavy (non-hydrogen) atoms. The van der Waals surface area contributed by atoms with Gasteiger partial charge in [-0.3, -0.25) is 4.98 Å². The van der Waals surface area contributed by atoms with Gasteiger partial charge in [-0.1, -0.05) is 36.4 Å². The number of aromatic nitrogens is 3. The zero-order valence-corrected chi connectivity index (χ0v) is 16.9. The minimum atomic E-state index is -0.235. The molecular weight excluding hydrogens is 398 g/mol. The molecule has 0 aliphatic rings. The maximum atomic E-state index is 6.12. The SMILES string of the molecule is C=C(/C=C\N=C(N)N)C(c1ccc(Cl)cc1)C(c1cccnc1)c1ccnc(N)n1. The Balaban J connectivity index is 2.17. The molecule has 2 aromatic heterocycles. The first-order valence-corrected chi connectivity index (χ1v) is 9.51. The third kappa shape index (κ3) is 5.21. The Labute approximate surface area is 180 Å². The highest BCUT2D eigenvalue weighted by molar-refractivity contribution is 6.30. The van der Waals surface area contributed by atoms with Crippen molar-refractivity contribution in [2.24, 2.45) is 16.5 Å². The Kier molecular flexibility index (Phi) is 6.77. The average Bonchev–Trinajstić information content (AvgIpc) is 2.73. The van der Waals surface area contributed by atoms with Crippen LogP contribution in [0.1, 0.15) is 28.7 Å². The quantitative estimate of drug-likeness (QED) is 0.306. The number of pyridine rings is 1. The van der Waals surface area contributed by atoms with Gasteiger partial charge in [-0.25, -0.2) is 15.0 Å². The summed E-state index contributed by atoms with van der Waals surface area (Å²) in [6.45, 7) is 4.28. The molecule has 0 aliphatic carbocycles. The van der Waals surface area contributed by atoms with E-state index in [1.807, 2.05) is 42.5 Å². The van der Waals surface area contributed by atoms with Crippen molar-refractivity contribution in [3.63, 3.8) is 0 Å².